The lowest BCUT2D eigenvalue weighted by molar-refractivity contribution is 0.417. The van der Waals surface area contributed by atoms with E-state index in [1.165, 1.54) is 5.56 Å². The van der Waals surface area contributed by atoms with Gasteiger partial charge in [-0.15, -0.1) is 0 Å². The van der Waals surface area contributed by atoms with Crippen LogP contribution in [-0.2, 0) is 0 Å². The first-order chi connectivity index (χ1) is 8.61. The Morgan fingerprint density at radius 3 is 2.67 bits per heavy atom. The van der Waals surface area contributed by atoms with Gasteiger partial charge in [0.15, 0.2) is 0 Å². The Kier molecular flexibility index (Phi) is 3.77. The smallest absolute Gasteiger partial charge is 0.143 e. The quantitative estimate of drug-likeness (QED) is 0.840. The maximum absolute atomic E-state index is 6.01. The molecule has 4 heteroatoms. The van der Waals surface area contributed by atoms with E-state index >= 15 is 0 Å². The number of nitrogens with two attached hydrogens (primary N) is 1. The average molecular weight is 307 g/mol. The van der Waals surface area contributed by atoms with Crippen LogP contribution in [0.15, 0.2) is 40.9 Å². The zero-order valence-corrected chi connectivity index (χ0v) is 11.9. The summed E-state index contributed by atoms with van der Waals surface area (Å²) in [6.45, 7) is 2.05. The number of anilines is 3. The molecule has 0 aliphatic heterocycles. The fourth-order valence-corrected chi connectivity index (χ4v) is 1.96. The van der Waals surface area contributed by atoms with Gasteiger partial charge in [-0.3, -0.25) is 0 Å². The SMILES string of the molecule is COc1cccc(Nc2ccc(Br)c(C)c2)c1N. The third-order valence-electron chi connectivity index (χ3n) is 2.72. The predicted octanol–water partition coefficient (Wildman–Crippen LogP) is 4.09. The number of rotatable bonds is 3. The molecule has 2 aromatic rings. The van der Waals surface area contributed by atoms with E-state index in [2.05, 4.69) is 27.3 Å². The van der Waals surface area contributed by atoms with Crippen molar-refractivity contribution in [1.82, 2.24) is 0 Å². The third-order valence-corrected chi connectivity index (χ3v) is 3.61. The molecule has 18 heavy (non-hydrogen) atoms. The minimum absolute atomic E-state index is 0.612. The second-order valence-electron chi connectivity index (χ2n) is 4.01. The van der Waals surface area contributed by atoms with Crippen LogP contribution in [0.2, 0.25) is 0 Å². The third kappa shape index (κ3) is 2.59. The summed E-state index contributed by atoms with van der Waals surface area (Å²) in [4.78, 5) is 0. The summed E-state index contributed by atoms with van der Waals surface area (Å²) in [5, 5.41) is 3.29. The maximum atomic E-state index is 6.01. The topological polar surface area (TPSA) is 47.3 Å². The highest BCUT2D eigenvalue weighted by Crippen LogP contribution is 2.32. The van der Waals surface area contributed by atoms with E-state index in [0.717, 1.165) is 15.8 Å². The number of nitrogen functional groups attached to an aromatic ring is 1. The van der Waals surface area contributed by atoms with Crippen LogP contribution in [0.1, 0.15) is 5.56 Å². The van der Waals surface area contributed by atoms with E-state index in [4.69, 9.17) is 10.5 Å². The Bertz CT molecular complexity index is 570. The number of aryl methyl sites for hydroxylation is 1. The average Bonchev–Trinajstić information content (AvgIpc) is 2.36. The Labute approximate surface area is 115 Å². The van der Waals surface area contributed by atoms with Gasteiger partial charge in [-0.25, -0.2) is 0 Å². The lowest BCUT2D eigenvalue weighted by atomic mass is 10.2. The van der Waals surface area contributed by atoms with Gasteiger partial charge in [0.25, 0.3) is 0 Å². The zero-order valence-electron chi connectivity index (χ0n) is 10.3. The molecule has 94 valence electrons. The summed E-state index contributed by atoms with van der Waals surface area (Å²) in [6.07, 6.45) is 0. The zero-order chi connectivity index (χ0) is 13.1. The van der Waals surface area contributed by atoms with Crippen LogP contribution >= 0.6 is 15.9 Å². The van der Waals surface area contributed by atoms with Crippen LogP contribution in [0.5, 0.6) is 5.75 Å². The van der Waals surface area contributed by atoms with Crippen molar-refractivity contribution in [2.24, 2.45) is 0 Å². The number of methoxy groups -OCH3 is 1. The lowest BCUT2D eigenvalue weighted by Crippen LogP contribution is -1.99. The molecule has 0 atom stereocenters. The molecular weight excluding hydrogens is 292 g/mol. The van der Waals surface area contributed by atoms with Gasteiger partial charge in [0.2, 0.25) is 0 Å². The van der Waals surface area contributed by atoms with Crippen molar-refractivity contribution in [3.05, 3.63) is 46.4 Å². The van der Waals surface area contributed by atoms with Crippen molar-refractivity contribution in [3.8, 4) is 5.75 Å². The second kappa shape index (κ2) is 5.31. The molecule has 0 fully saturated rings. The molecule has 0 aliphatic rings. The van der Waals surface area contributed by atoms with Gasteiger partial charge in [0.05, 0.1) is 18.5 Å². The molecule has 3 nitrogen and oxygen atoms in total. The second-order valence-corrected chi connectivity index (χ2v) is 4.86. The van der Waals surface area contributed by atoms with Gasteiger partial charge < -0.3 is 15.8 Å². The standard InChI is InChI=1S/C14H15BrN2O/c1-9-8-10(6-7-11(9)15)17-12-4-3-5-13(18-2)14(12)16/h3-8,17H,16H2,1-2H3. The molecule has 0 saturated carbocycles. The van der Waals surface area contributed by atoms with Crippen molar-refractivity contribution in [2.45, 2.75) is 6.92 Å². The van der Waals surface area contributed by atoms with Gasteiger partial charge in [0, 0.05) is 10.2 Å². The lowest BCUT2D eigenvalue weighted by Gasteiger charge is -2.13. The normalized spacial score (nSPS) is 10.2. The number of nitrogens with one attached hydrogen (secondary N) is 1. The first-order valence-corrected chi connectivity index (χ1v) is 6.37. The van der Waals surface area contributed by atoms with E-state index in [-0.39, 0.29) is 0 Å². The highest BCUT2D eigenvalue weighted by molar-refractivity contribution is 9.10. The molecule has 0 bridgehead atoms. The van der Waals surface area contributed by atoms with Crippen LogP contribution in [0.4, 0.5) is 17.1 Å². The molecule has 0 aliphatic carbocycles. The monoisotopic (exact) mass is 306 g/mol. The number of para-hydroxylation sites is 1. The molecule has 0 heterocycles. The molecule has 0 saturated heterocycles. The Balaban J connectivity index is 2.31. The molecule has 2 rings (SSSR count). The van der Waals surface area contributed by atoms with E-state index in [1.807, 2.05) is 37.3 Å². The van der Waals surface area contributed by atoms with Crippen molar-refractivity contribution in [2.75, 3.05) is 18.2 Å². The Hall–Kier alpha value is -1.68. The van der Waals surface area contributed by atoms with Gasteiger partial charge in [0.1, 0.15) is 5.75 Å². The summed E-state index contributed by atoms with van der Waals surface area (Å²) >= 11 is 3.48. The Morgan fingerprint density at radius 1 is 1.22 bits per heavy atom. The van der Waals surface area contributed by atoms with E-state index in [9.17, 15) is 0 Å². The van der Waals surface area contributed by atoms with Crippen molar-refractivity contribution in [3.63, 3.8) is 0 Å². The number of ether oxygens (including phenoxy) is 1. The van der Waals surface area contributed by atoms with Crippen LogP contribution in [0, 0.1) is 6.92 Å². The summed E-state index contributed by atoms with van der Waals surface area (Å²) in [5.74, 6) is 0.675. The summed E-state index contributed by atoms with van der Waals surface area (Å²) in [7, 11) is 1.61. The summed E-state index contributed by atoms with van der Waals surface area (Å²) < 4.78 is 6.28. The minimum Gasteiger partial charge on any atom is -0.495 e. The molecule has 0 spiro atoms. The van der Waals surface area contributed by atoms with Crippen molar-refractivity contribution in [1.29, 1.82) is 0 Å². The van der Waals surface area contributed by atoms with Gasteiger partial charge in [-0.1, -0.05) is 22.0 Å². The fraction of sp³-hybridized carbons (Fsp3) is 0.143. The molecular formula is C14H15BrN2O. The number of halogens is 1. The summed E-state index contributed by atoms with van der Waals surface area (Å²) in [6, 6.07) is 11.7. The highest BCUT2D eigenvalue weighted by Gasteiger charge is 2.05. The summed E-state index contributed by atoms with van der Waals surface area (Å²) in [5.41, 5.74) is 9.63. The van der Waals surface area contributed by atoms with Crippen LogP contribution < -0.4 is 15.8 Å². The predicted molar refractivity (Wildman–Crippen MR) is 79.6 cm³/mol. The molecule has 3 N–H and O–H groups in total. The minimum atomic E-state index is 0.612. The van der Waals surface area contributed by atoms with Crippen LogP contribution in [0.3, 0.4) is 0 Å². The largest absolute Gasteiger partial charge is 0.495 e. The van der Waals surface area contributed by atoms with E-state index in [0.29, 0.717) is 11.4 Å². The number of benzene rings is 2. The number of hydrogen-bond acceptors (Lipinski definition) is 3. The molecule has 0 amide bonds. The molecule has 0 unspecified atom stereocenters. The molecule has 0 radical (unpaired) electrons. The molecule has 0 aromatic heterocycles. The van der Waals surface area contributed by atoms with E-state index < -0.39 is 0 Å². The maximum Gasteiger partial charge on any atom is 0.143 e. The highest BCUT2D eigenvalue weighted by atomic mass is 79.9. The van der Waals surface area contributed by atoms with E-state index in [1.54, 1.807) is 7.11 Å². The van der Waals surface area contributed by atoms with Crippen LogP contribution in [-0.4, -0.2) is 7.11 Å². The first-order valence-electron chi connectivity index (χ1n) is 5.57. The Morgan fingerprint density at radius 2 is 2.00 bits per heavy atom. The van der Waals surface area contributed by atoms with Gasteiger partial charge in [-0.2, -0.15) is 0 Å². The van der Waals surface area contributed by atoms with Crippen LogP contribution in [0.25, 0.3) is 0 Å². The van der Waals surface area contributed by atoms with Crippen molar-refractivity contribution < 1.29 is 4.74 Å². The molecule has 2 aromatic carbocycles. The number of hydrogen-bond donors (Lipinski definition) is 2. The van der Waals surface area contributed by atoms with Gasteiger partial charge >= 0.3 is 0 Å². The van der Waals surface area contributed by atoms with Crippen molar-refractivity contribution >= 4 is 33.0 Å². The van der Waals surface area contributed by atoms with Gasteiger partial charge in [-0.05, 0) is 42.8 Å². The first kappa shape index (κ1) is 12.8. The fourth-order valence-electron chi connectivity index (χ4n) is 1.71.